The van der Waals surface area contributed by atoms with Crippen LogP contribution in [0.25, 0.3) is 0 Å². The van der Waals surface area contributed by atoms with E-state index in [0.29, 0.717) is 24.8 Å². The Balaban J connectivity index is 1.62. The van der Waals surface area contributed by atoms with Crippen molar-refractivity contribution in [3.63, 3.8) is 0 Å². The normalized spacial score (nSPS) is 16.6. The van der Waals surface area contributed by atoms with Gasteiger partial charge in [-0.2, -0.15) is 4.31 Å². The van der Waals surface area contributed by atoms with Crippen molar-refractivity contribution in [2.75, 3.05) is 26.2 Å². The van der Waals surface area contributed by atoms with E-state index in [2.05, 4.69) is 13.8 Å². The van der Waals surface area contributed by atoms with E-state index >= 15 is 0 Å². The van der Waals surface area contributed by atoms with Gasteiger partial charge in [-0.25, -0.2) is 8.42 Å². The summed E-state index contributed by atoms with van der Waals surface area (Å²) in [7, 11) is -3.53. The lowest BCUT2D eigenvalue weighted by molar-refractivity contribution is -0.139. The van der Waals surface area contributed by atoms with Gasteiger partial charge in [0.2, 0.25) is 10.0 Å². The molecule has 2 aromatic carbocycles. The summed E-state index contributed by atoms with van der Waals surface area (Å²) in [6.07, 6.45) is -0.632. The molecule has 0 unspecified atom stereocenters. The average molecular weight is 417 g/mol. The van der Waals surface area contributed by atoms with Crippen LogP contribution in [0.1, 0.15) is 32.3 Å². The minimum absolute atomic E-state index is 0.125. The molecule has 6 nitrogen and oxygen atoms in total. The zero-order valence-corrected chi connectivity index (χ0v) is 17.9. The number of carbonyl (C=O) groups excluding carboxylic acids is 1. The van der Waals surface area contributed by atoms with Gasteiger partial charge in [-0.1, -0.05) is 50.2 Å². The second kappa shape index (κ2) is 8.97. The van der Waals surface area contributed by atoms with E-state index in [0.717, 1.165) is 5.56 Å². The van der Waals surface area contributed by atoms with Crippen LogP contribution < -0.4 is 4.74 Å². The lowest BCUT2D eigenvalue weighted by atomic mass is 10.0. The first-order chi connectivity index (χ1) is 13.8. The monoisotopic (exact) mass is 416 g/mol. The number of para-hydroxylation sites is 1. The third kappa shape index (κ3) is 4.79. The maximum absolute atomic E-state index is 12.8. The Bertz CT molecular complexity index is 936. The third-order valence-corrected chi connectivity index (χ3v) is 7.04. The molecule has 1 saturated heterocycles. The summed E-state index contributed by atoms with van der Waals surface area (Å²) in [5.41, 5.74) is 1.06. The Labute approximate surface area is 173 Å². The minimum Gasteiger partial charge on any atom is -0.481 e. The van der Waals surface area contributed by atoms with E-state index in [-0.39, 0.29) is 23.9 Å². The highest BCUT2D eigenvalue weighted by Crippen LogP contribution is 2.27. The topological polar surface area (TPSA) is 66.9 Å². The maximum atomic E-state index is 12.8. The summed E-state index contributed by atoms with van der Waals surface area (Å²) >= 11 is 0. The number of hydrogen-bond donors (Lipinski definition) is 0. The van der Waals surface area contributed by atoms with Gasteiger partial charge in [-0.05, 0) is 36.6 Å². The van der Waals surface area contributed by atoms with Crippen LogP contribution >= 0.6 is 0 Å². The molecule has 3 rings (SSSR count). The van der Waals surface area contributed by atoms with Crippen LogP contribution in [-0.4, -0.2) is 55.8 Å². The average Bonchev–Trinajstić information content (AvgIpc) is 2.74. The van der Waals surface area contributed by atoms with E-state index < -0.39 is 16.1 Å². The van der Waals surface area contributed by atoms with Gasteiger partial charge in [-0.3, -0.25) is 4.79 Å². The van der Waals surface area contributed by atoms with E-state index in [1.807, 2.05) is 24.3 Å². The smallest absolute Gasteiger partial charge is 0.263 e. The molecule has 0 radical (unpaired) electrons. The van der Waals surface area contributed by atoms with Crippen molar-refractivity contribution >= 4 is 15.9 Å². The van der Waals surface area contributed by atoms with Crippen LogP contribution in [0.5, 0.6) is 5.75 Å². The molecule has 1 atom stereocenters. The first-order valence-corrected chi connectivity index (χ1v) is 11.3. The van der Waals surface area contributed by atoms with Crippen LogP contribution in [-0.2, 0) is 14.8 Å². The van der Waals surface area contributed by atoms with Gasteiger partial charge in [0, 0.05) is 26.2 Å². The quantitative estimate of drug-likeness (QED) is 0.726. The van der Waals surface area contributed by atoms with Crippen LogP contribution in [0.3, 0.4) is 0 Å². The highest BCUT2D eigenvalue weighted by atomic mass is 32.2. The molecule has 2 aromatic rings. The fourth-order valence-corrected chi connectivity index (χ4v) is 4.90. The van der Waals surface area contributed by atoms with Crippen LogP contribution in [0, 0.1) is 0 Å². The summed E-state index contributed by atoms with van der Waals surface area (Å²) in [6, 6.07) is 16.1. The number of amides is 1. The van der Waals surface area contributed by atoms with Gasteiger partial charge in [0.25, 0.3) is 5.91 Å². The fraction of sp³-hybridized carbons (Fsp3) is 0.409. The minimum atomic E-state index is -3.53. The Kier molecular flexibility index (Phi) is 6.59. The lowest BCUT2D eigenvalue weighted by Gasteiger charge is -2.35. The van der Waals surface area contributed by atoms with Gasteiger partial charge in [0.1, 0.15) is 5.75 Å². The summed E-state index contributed by atoms with van der Waals surface area (Å²) in [5, 5.41) is 0. The SMILES string of the molecule is CC(C)c1ccccc1O[C@@H](C)C(=O)N1CCN(S(=O)(=O)c2ccccc2)CC1. The molecule has 1 amide bonds. The number of carbonyl (C=O) groups is 1. The molecule has 0 aromatic heterocycles. The highest BCUT2D eigenvalue weighted by molar-refractivity contribution is 7.89. The van der Waals surface area contributed by atoms with Gasteiger partial charge in [0.15, 0.2) is 6.10 Å². The molecule has 1 aliphatic heterocycles. The molecule has 0 aliphatic carbocycles. The summed E-state index contributed by atoms with van der Waals surface area (Å²) < 4.78 is 32.9. The zero-order valence-electron chi connectivity index (χ0n) is 17.1. The van der Waals surface area contributed by atoms with Gasteiger partial charge >= 0.3 is 0 Å². The molecular weight excluding hydrogens is 388 g/mol. The third-order valence-electron chi connectivity index (χ3n) is 5.12. The molecule has 1 fully saturated rings. The standard InChI is InChI=1S/C22H28N2O4S/c1-17(2)20-11-7-8-12-21(20)28-18(3)22(25)23-13-15-24(16-14-23)29(26,27)19-9-5-4-6-10-19/h4-12,17-18H,13-16H2,1-3H3/t18-/m0/s1. The van der Waals surface area contributed by atoms with E-state index in [9.17, 15) is 13.2 Å². The van der Waals surface area contributed by atoms with Crippen molar-refractivity contribution in [3.8, 4) is 5.75 Å². The number of nitrogens with zero attached hydrogens (tertiary/aromatic N) is 2. The molecule has 1 aliphatic rings. The Morgan fingerprint density at radius 1 is 0.897 bits per heavy atom. The van der Waals surface area contributed by atoms with E-state index in [1.165, 1.54) is 4.31 Å². The van der Waals surface area contributed by atoms with E-state index in [4.69, 9.17) is 4.74 Å². The summed E-state index contributed by atoms with van der Waals surface area (Å²) in [4.78, 5) is 14.8. The Morgan fingerprint density at radius 3 is 2.10 bits per heavy atom. The second-order valence-electron chi connectivity index (χ2n) is 7.50. The number of rotatable bonds is 6. The number of piperazine rings is 1. The highest BCUT2D eigenvalue weighted by Gasteiger charge is 2.32. The zero-order chi connectivity index (χ0) is 21.0. The van der Waals surface area contributed by atoms with Gasteiger partial charge < -0.3 is 9.64 Å². The lowest BCUT2D eigenvalue weighted by Crippen LogP contribution is -2.53. The van der Waals surface area contributed by atoms with E-state index in [1.54, 1.807) is 42.2 Å². The molecule has 156 valence electrons. The predicted molar refractivity (Wildman–Crippen MR) is 112 cm³/mol. The van der Waals surface area contributed by atoms with Crippen LogP contribution in [0.4, 0.5) is 0 Å². The molecule has 0 bridgehead atoms. The van der Waals surface area contributed by atoms with Gasteiger partial charge in [-0.15, -0.1) is 0 Å². The number of ether oxygens (including phenoxy) is 1. The molecular formula is C22H28N2O4S. The maximum Gasteiger partial charge on any atom is 0.263 e. The molecule has 7 heteroatoms. The largest absolute Gasteiger partial charge is 0.481 e. The number of benzene rings is 2. The fourth-order valence-electron chi connectivity index (χ4n) is 3.45. The molecule has 0 saturated carbocycles. The van der Waals surface area contributed by atoms with Crippen molar-refractivity contribution in [1.29, 1.82) is 0 Å². The molecule has 0 spiro atoms. The predicted octanol–water partition coefficient (Wildman–Crippen LogP) is 3.11. The number of sulfonamides is 1. The van der Waals surface area contributed by atoms with Crippen molar-refractivity contribution < 1.29 is 17.9 Å². The molecule has 1 heterocycles. The van der Waals surface area contributed by atoms with Crippen LogP contribution in [0.15, 0.2) is 59.5 Å². The Morgan fingerprint density at radius 2 is 1.48 bits per heavy atom. The molecule has 0 N–H and O–H groups in total. The second-order valence-corrected chi connectivity index (χ2v) is 9.43. The number of hydrogen-bond acceptors (Lipinski definition) is 4. The summed E-state index contributed by atoms with van der Waals surface area (Å²) in [6.45, 7) is 7.17. The Hall–Kier alpha value is -2.38. The molecule has 29 heavy (non-hydrogen) atoms. The first kappa shape index (κ1) is 21.3. The summed E-state index contributed by atoms with van der Waals surface area (Å²) in [5.74, 6) is 0.884. The van der Waals surface area contributed by atoms with Crippen molar-refractivity contribution in [2.24, 2.45) is 0 Å². The van der Waals surface area contributed by atoms with Crippen LogP contribution in [0.2, 0.25) is 0 Å². The van der Waals surface area contributed by atoms with Gasteiger partial charge in [0.05, 0.1) is 4.90 Å². The van der Waals surface area contributed by atoms with Crippen molar-refractivity contribution in [2.45, 2.75) is 37.7 Å². The van der Waals surface area contributed by atoms with Crippen molar-refractivity contribution in [3.05, 3.63) is 60.2 Å². The van der Waals surface area contributed by atoms with Crippen molar-refractivity contribution in [1.82, 2.24) is 9.21 Å². The first-order valence-electron chi connectivity index (χ1n) is 9.90.